The molecule has 0 saturated carbocycles. The van der Waals surface area contributed by atoms with Crippen LogP contribution in [0.1, 0.15) is 153 Å². The van der Waals surface area contributed by atoms with Crippen LogP contribution in [0.25, 0.3) is 66.8 Å². The van der Waals surface area contributed by atoms with Crippen LogP contribution in [0.5, 0.6) is 0 Å². The van der Waals surface area contributed by atoms with Crippen LogP contribution in [0.3, 0.4) is 0 Å². The number of fused-ring (bicyclic) bond motifs is 13. The number of hydrogen-bond acceptors (Lipinski definition) is 1. The molecule has 0 atom stereocenters. The van der Waals surface area contributed by atoms with Crippen LogP contribution in [0.15, 0.2) is 194 Å². The maximum atomic E-state index is 2.75. The SMILES string of the molecule is CC(C)(C)c1ccc2c(c1)C1(c3cc(C(C)(C)C)ccc3-2)c2cc(C(C)(C)C)ccc2-c2c(-c3cccc(-c4ccc(-c5ccccc5)cc4)c3)cc(C(C)(C)C)cc21.CC1(C)c2ccccc2-c2ccccc21.CNC. The number of nitrogens with one attached hydrogen (secondary N) is 1. The van der Waals surface area contributed by atoms with Crippen molar-refractivity contribution in [3.8, 4) is 66.8 Å². The van der Waals surface area contributed by atoms with Crippen LogP contribution >= 0.6 is 0 Å². The molecule has 390 valence electrons. The first-order valence-corrected chi connectivity index (χ1v) is 28.1. The summed E-state index contributed by atoms with van der Waals surface area (Å²) >= 11 is 0. The average Bonchev–Trinajstić information content (AvgIpc) is 4.19. The van der Waals surface area contributed by atoms with E-state index in [0.29, 0.717) is 0 Å². The molecule has 0 aliphatic heterocycles. The highest BCUT2D eigenvalue weighted by Gasteiger charge is 2.54. The van der Waals surface area contributed by atoms with Crippen molar-refractivity contribution >= 4 is 0 Å². The lowest BCUT2D eigenvalue weighted by Crippen LogP contribution is -2.28. The molecule has 77 heavy (non-hydrogen) atoms. The molecule has 0 fully saturated rings. The van der Waals surface area contributed by atoms with Crippen LogP contribution in [0.2, 0.25) is 0 Å². The Hall–Kier alpha value is -7.06. The van der Waals surface area contributed by atoms with E-state index in [0.717, 1.165) is 0 Å². The van der Waals surface area contributed by atoms with Crippen LogP contribution < -0.4 is 5.32 Å². The second-order valence-electron chi connectivity index (χ2n) is 26.7. The van der Waals surface area contributed by atoms with Gasteiger partial charge in [0.2, 0.25) is 0 Å². The molecule has 9 aromatic carbocycles. The van der Waals surface area contributed by atoms with E-state index in [-0.39, 0.29) is 27.1 Å². The third kappa shape index (κ3) is 9.33. The highest BCUT2D eigenvalue weighted by Crippen LogP contribution is 2.66. The molecule has 9 aromatic rings. The Morgan fingerprint density at radius 2 is 0.623 bits per heavy atom. The summed E-state index contributed by atoms with van der Waals surface area (Å²) < 4.78 is 0. The smallest absolute Gasteiger partial charge is 0.0726 e. The summed E-state index contributed by atoms with van der Waals surface area (Å²) in [4.78, 5) is 0. The Morgan fingerprint density at radius 3 is 1.09 bits per heavy atom. The van der Waals surface area contributed by atoms with Gasteiger partial charge in [0, 0.05) is 5.41 Å². The van der Waals surface area contributed by atoms with Gasteiger partial charge in [0.15, 0.2) is 0 Å². The predicted molar refractivity (Wildman–Crippen MR) is 333 cm³/mol. The van der Waals surface area contributed by atoms with Gasteiger partial charge in [-0.1, -0.05) is 279 Å². The van der Waals surface area contributed by atoms with Gasteiger partial charge in [-0.15, -0.1) is 0 Å². The van der Waals surface area contributed by atoms with E-state index >= 15 is 0 Å². The maximum Gasteiger partial charge on any atom is 0.0726 e. The van der Waals surface area contributed by atoms with Crippen LogP contribution in [0.4, 0.5) is 0 Å². The fourth-order valence-corrected chi connectivity index (χ4v) is 12.4. The molecule has 1 N–H and O–H groups in total. The maximum absolute atomic E-state index is 2.75. The fraction of sp³-hybridized carbons (Fsp3) is 0.289. The first kappa shape index (κ1) is 53.3. The van der Waals surface area contributed by atoms with E-state index in [1.54, 1.807) is 0 Å². The molecule has 0 bridgehead atoms. The monoisotopic (exact) mass is 1010 g/mol. The van der Waals surface area contributed by atoms with Gasteiger partial charge in [-0.25, -0.2) is 0 Å². The minimum absolute atomic E-state index is 0.00274. The molecule has 0 radical (unpaired) electrons. The molecule has 0 heterocycles. The van der Waals surface area contributed by atoms with Crippen molar-refractivity contribution in [3.63, 3.8) is 0 Å². The van der Waals surface area contributed by atoms with Gasteiger partial charge < -0.3 is 5.32 Å². The predicted octanol–water partition coefficient (Wildman–Crippen LogP) is 20.0. The van der Waals surface area contributed by atoms with E-state index in [1.807, 2.05) is 14.1 Å². The second kappa shape index (κ2) is 19.4. The Morgan fingerprint density at radius 1 is 0.273 bits per heavy atom. The minimum atomic E-state index is -0.486. The van der Waals surface area contributed by atoms with E-state index in [2.05, 4.69) is 296 Å². The van der Waals surface area contributed by atoms with E-state index in [4.69, 9.17) is 0 Å². The number of rotatable bonds is 3. The minimum Gasteiger partial charge on any atom is -0.323 e. The van der Waals surface area contributed by atoms with Gasteiger partial charge in [0.1, 0.15) is 0 Å². The standard InChI is InChI=1S/C59H60.C15H14.C2H7N/c1-55(2,3)42-25-28-46-47-29-26-43(56(4,5)6)34-51(47)59(50(46)33-42)52-35-44(57(7,8)9)27-30-48(52)54-49(32-45(36-53(54)59)58(10,11)12)41-20-16-19-40(31-41)39-23-21-38(22-24-39)37-17-14-13-15-18-37;1-15(2)13-9-5-3-7-11(13)12-8-4-6-10-14(12)15;1-3-2/h13-36H,1-12H3;3-10H,1-2H3;3H,1-2H3. The summed E-state index contributed by atoms with van der Waals surface area (Å²) in [5, 5.41) is 2.75. The molecular formula is C76H81N. The van der Waals surface area contributed by atoms with Gasteiger partial charge in [-0.3, -0.25) is 0 Å². The zero-order valence-corrected chi connectivity index (χ0v) is 49.0. The third-order valence-electron chi connectivity index (χ3n) is 16.8. The molecule has 1 spiro atoms. The Kier molecular flexibility index (Phi) is 13.5. The lowest BCUT2D eigenvalue weighted by Gasteiger charge is -2.34. The number of hydrogen-bond donors (Lipinski definition) is 1. The van der Waals surface area contributed by atoms with E-state index in [9.17, 15) is 0 Å². The Balaban J connectivity index is 0.000000315. The molecule has 1 heteroatoms. The fourth-order valence-electron chi connectivity index (χ4n) is 12.4. The van der Waals surface area contributed by atoms with Crippen molar-refractivity contribution in [2.45, 2.75) is 129 Å². The van der Waals surface area contributed by atoms with Crippen molar-refractivity contribution in [2.24, 2.45) is 0 Å². The quantitative estimate of drug-likeness (QED) is 0.186. The molecule has 0 amide bonds. The van der Waals surface area contributed by atoms with Crippen LogP contribution in [-0.4, -0.2) is 14.1 Å². The largest absolute Gasteiger partial charge is 0.323 e. The summed E-state index contributed by atoms with van der Waals surface area (Å²) in [5.74, 6) is 0. The van der Waals surface area contributed by atoms with E-state index in [1.165, 1.54) is 122 Å². The second-order valence-corrected chi connectivity index (χ2v) is 26.7. The zero-order valence-electron chi connectivity index (χ0n) is 49.0. The lowest BCUT2D eigenvalue weighted by molar-refractivity contribution is 0.583. The Labute approximate surface area is 462 Å². The van der Waals surface area contributed by atoms with Crippen molar-refractivity contribution in [2.75, 3.05) is 14.1 Å². The highest BCUT2D eigenvalue weighted by atomic mass is 14.7. The molecule has 0 unspecified atom stereocenters. The van der Waals surface area contributed by atoms with Gasteiger partial charge >= 0.3 is 0 Å². The normalized spacial score (nSPS) is 14.2. The summed E-state index contributed by atoms with van der Waals surface area (Å²) in [6.45, 7) is 32.9. The lowest BCUT2D eigenvalue weighted by atomic mass is 9.67. The zero-order chi connectivity index (χ0) is 55.0. The molecule has 12 rings (SSSR count). The summed E-state index contributed by atoms with van der Waals surface area (Å²) in [6, 6.07) is 73.9. The molecule has 3 aliphatic carbocycles. The van der Waals surface area contributed by atoms with Crippen molar-refractivity contribution in [1.29, 1.82) is 0 Å². The van der Waals surface area contributed by atoms with Crippen molar-refractivity contribution in [3.05, 3.63) is 250 Å². The molecule has 3 aliphatic rings. The summed E-state index contributed by atoms with van der Waals surface area (Å²) in [6.07, 6.45) is 0. The van der Waals surface area contributed by atoms with Gasteiger partial charge in [0.05, 0.1) is 5.41 Å². The van der Waals surface area contributed by atoms with Gasteiger partial charge in [-0.05, 0) is 170 Å². The van der Waals surface area contributed by atoms with Crippen molar-refractivity contribution < 1.29 is 0 Å². The van der Waals surface area contributed by atoms with Gasteiger partial charge in [-0.2, -0.15) is 0 Å². The number of benzene rings is 9. The Bertz CT molecular complexity index is 3550. The van der Waals surface area contributed by atoms with Gasteiger partial charge in [0.25, 0.3) is 0 Å². The topological polar surface area (TPSA) is 12.0 Å². The summed E-state index contributed by atoms with van der Waals surface area (Å²) in [7, 11) is 3.75. The first-order chi connectivity index (χ1) is 36.4. The molecule has 0 saturated heterocycles. The van der Waals surface area contributed by atoms with Crippen LogP contribution in [0, 0.1) is 0 Å². The molecule has 1 nitrogen and oxygen atoms in total. The third-order valence-corrected chi connectivity index (χ3v) is 16.8. The highest BCUT2D eigenvalue weighted by molar-refractivity contribution is 6.01. The molecule has 0 aromatic heterocycles. The van der Waals surface area contributed by atoms with E-state index < -0.39 is 5.41 Å². The van der Waals surface area contributed by atoms with Crippen LogP contribution in [-0.2, 0) is 32.5 Å². The average molecular weight is 1010 g/mol. The van der Waals surface area contributed by atoms with Crippen molar-refractivity contribution in [1.82, 2.24) is 5.32 Å². The molecular weight excluding hydrogens is 927 g/mol. The first-order valence-electron chi connectivity index (χ1n) is 28.1. The summed E-state index contributed by atoms with van der Waals surface area (Å²) in [5.41, 5.74) is 29.4.